The van der Waals surface area contributed by atoms with Gasteiger partial charge in [0, 0.05) is 26.6 Å². The number of hydrogen-bond donors (Lipinski definition) is 3. The van der Waals surface area contributed by atoms with Gasteiger partial charge in [0.1, 0.15) is 5.76 Å². The second-order valence-electron chi connectivity index (χ2n) is 4.03. The Morgan fingerprint density at radius 3 is 2.79 bits per heavy atom. The molecule has 0 bridgehead atoms. The molecule has 0 spiro atoms. The Labute approximate surface area is 113 Å². The average molecular weight is 266 g/mol. The van der Waals surface area contributed by atoms with Crippen LogP contribution in [0, 0.1) is 0 Å². The van der Waals surface area contributed by atoms with Crippen LogP contribution in [0.2, 0.25) is 0 Å². The normalized spacial score (nSPS) is 11.2. The fraction of sp³-hybridized carbons (Fsp3) is 0.538. The van der Waals surface area contributed by atoms with Crippen molar-refractivity contribution < 1.29 is 9.21 Å². The summed E-state index contributed by atoms with van der Waals surface area (Å²) in [7, 11) is 1.69. The summed E-state index contributed by atoms with van der Waals surface area (Å²) in [5, 5.41) is 9.00. The Kier molecular flexibility index (Phi) is 7.16. The average Bonchev–Trinajstić information content (AvgIpc) is 2.93. The van der Waals surface area contributed by atoms with E-state index in [0.717, 1.165) is 18.7 Å². The van der Waals surface area contributed by atoms with E-state index in [1.807, 2.05) is 19.1 Å². The zero-order valence-electron chi connectivity index (χ0n) is 11.5. The lowest BCUT2D eigenvalue weighted by Gasteiger charge is -2.10. The van der Waals surface area contributed by atoms with Gasteiger partial charge in [-0.05, 0) is 18.6 Å². The molecule has 6 heteroatoms. The van der Waals surface area contributed by atoms with Crippen LogP contribution in [0.1, 0.15) is 25.5 Å². The zero-order valence-corrected chi connectivity index (χ0v) is 11.5. The van der Waals surface area contributed by atoms with Gasteiger partial charge in [0.15, 0.2) is 5.96 Å². The summed E-state index contributed by atoms with van der Waals surface area (Å²) in [5.41, 5.74) is 0. The van der Waals surface area contributed by atoms with Crippen LogP contribution in [0.4, 0.5) is 0 Å². The smallest absolute Gasteiger partial charge is 0.221 e. The summed E-state index contributed by atoms with van der Waals surface area (Å²) in [6.45, 7) is 3.87. The molecular formula is C13H22N4O2. The van der Waals surface area contributed by atoms with Gasteiger partial charge in [0.2, 0.25) is 5.91 Å². The van der Waals surface area contributed by atoms with Gasteiger partial charge in [-0.3, -0.25) is 9.79 Å². The first-order valence-corrected chi connectivity index (χ1v) is 6.49. The van der Waals surface area contributed by atoms with Crippen molar-refractivity contribution in [2.24, 2.45) is 4.99 Å². The molecule has 1 heterocycles. The molecule has 1 amide bonds. The molecule has 3 N–H and O–H groups in total. The molecule has 0 aromatic carbocycles. The molecule has 0 saturated carbocycles. The molecule has 1 aromatic heterocycles. The van der Waals surface area contributed by atoms with Gasteiger partial charge in [-0.25, -0.2) is 0 Å². The maximum atomic E-state index is 11.4. The number of carbonyl (C=O) groups excluding carboxylic acids is 1. The van der Waals surface area contributed by atoms with E-state index in [0.29, 0.717) is 25.5 Å². The highest BCUT2D eigenvalue weighted by Gasteiger charge is 2.02. The van der Waals surface area contributed by atoms with Crippen molar-refractivity contribution >= 4 is 11.9 Å². The third kappa shape index (κ3) is 6.49. The van der Waals surface area contributed by atoms with E-state index in [1.54, 1.807) is 13.3 Å². The van der Waals surface area contributed by atoms with Gasteiger partial charge in [0.25, 0.3) is 0 Å². The number of furan rings is 1. The minimum Gasteiger partial charge on any atom is -0.467 e. The number of hydrogen-bond acceptors (Lipinski definition) is 3. The number of carbonyl (C=O) groups is 1. The summed E-state index contributed by atoms with van der Waals surface area (Å²) >= 11 is 0. The van der Waals surface area contributed by atoms with Gasteiger partial charge in [-0.2, -0.15) is 0 Å². The SMILES string of the molecule is CCCNC(=O)CCNC(=NC)NCc1ccco1. The Bertz CT molecular complexity index is 387. The van der Waals surface area contributed by atoms with Gasteiger partial charge < -0.3 is 20.4 Å². The van der Waals surface area contributed by atoms with E-state index in [9.17, 15) is 4.79 Å². The third-order valence-electron chi connectivity index (χ3n) is 2.45. The maximum absolute atomic E-state index is 11.4. The Morgan fingerprint density at radius 2 is 2.16 bits per heavy atom. The maximum Gasteiger partial charge on any atom is 0.221 e. The second kappa shape index (κ2) is 9.02. The number of amides is 1. The van der Waals surface area contributed by atoms with Crippen LogP contribution in [-0.2, 0) is 11.3 Å². The molecule has 1 rings (SSSR count). The molecule has 19 heavy (non-hydrogen) atoms. The van der Waals surface area contributed by atoms with Crippen molar-refractivity contribution in [3.63, 3.8) is 0 Å². The Morgan fingerprint density at radius 1 is 1.32 bits per heavy atom. The molecule has 0 aliphatic heterocycles. The lowest BCUT2D eigenvalue weighted by Crippen LogP contribution is -2.38. The Balaban J connectivity index is 2.17. The van der Waals surface area contributed by atoms with Crippen molar-refractivity contribution in [2.75, 3.05) is 20.1 Å². The summed E-state index contributed by atoms with van der Waals surface area (Å²) in [4.78, 5) is 15.5. The predicted molar refractivity (Wildman–Crippen MR) is 74.8 cm³/mol. The quantitative estimate of drug-likeness (QED) is 0.505. The largest absolute Gasteiger partial charge is 0.467 e. The van der Waals surface area contributed by atoms with Crippen LogP contribution >= 0.6 is 0 Å². The number of nitrogens with one attached hydrogen (secondary N) is 3. The van der Waals surface area contributed by atoms with Crippen LogP contribution in [0.3, 0.4) is 0 Å². The molecule has 0 aliphatic rings. The lowest BCUT2D eigenvalue weighted by molar-refractivity contribution is -0.120. The minimum absolute atomic E-state index is 0.0517. The zero-order chi connectivity index (χ0) is 13.9. The van der Waals surface area contributed by atoms with Crippen molar-refractivity contribution in [1.29, 1.82) is 0 Å². The molecule has 0 atom stereocenters. The number of guanidine groups is 1. The second-order valence-corrected chi connectivity index (χ2v) is 4.03. The molecule has 0 radical (unpaired) electrons. The van der Waals surface area contributed by atoms with Gasteiger partial charge in [0.05, 0.1) is 12.8 Å². The summed E-state index contributed by atoms with van der Waals surface area (Å²) in [6.07, 6.45) is 3.01. The molecule has 1 aromatic rings. The molecule has 6 nitrogen and oxygen atoms in total. The predicted octanol–water partition coefficient (Wildman–Crippen LogP) is 0.861. The monoisotopic (exact) mass is 266 g/mol. The number of aliphatic imine (C=N–C) groups is 1. The topological polar surface area (TPSA) is 78.7 Å². The molecule has 0 unspecified atom stereocenters. The molecule has 0 aliphatic carbocycles. The van der Waals surface area contributed by atoms with Gasteiger partial charge in [-0.15, -0.1) is 0 Å². The number of nitrogens with zero attached hydrogens (tertiary/aromatic N) is 1. The lowest BCUT2D eigenvalue weighted by atomic mass is 10.4. The standard InChI is InChI=1S/C13H22N4O2/c1-3-7-15-12(18)6-8-16-13(14-2)17-10-11-5-4-9-19-11/h4-5,9H,3,6-8,10H2,1-2H3,(H,15,18)(H2,14,16,17). The Hall–Kier alpha value is -1.98. The fourth-order valence-electron chi connectivity index (χ4n) is 1.45. The van der Waals surface area contributed by atoms with Crippen molar-refractivity contribution in [3.8, 4) is 0 Å². The van der Waals surface area contributed by atoms with Gasteiger partial charge in [-0.1, -0.05) is 6.92 Å². The van der Waals surface area contributed by atoms with Crippen LogP contribution in [0.5, 0.6) is 0 Å². The van der Waals surface area contributed by atoms with Crippen LogP contribution < -0.4 is 16.0 Å². The van der Waals surface area contributed by atoms with Crippen LogP contribution in [0.25, 0.3) is 0 Å². The molecule has 0 fully saturated rings. The highest BCUT2D eigenvalue weighted by molar-refractivity contribution is 5.81. The first-order chi connectivity index (χ1) is 9.26. The van der Waals surface area contributed by atoms with Crippen LogP contribution in [0.15, 0.2) is 27.8 Å². The van der Waals surface area contributed by atoms with Crippen molar-refractivity contribution in [2.45, 2.75) is 26.3 Å². The van der Waals surface area contributed by atoms with E-state index in [-0.39, 0.29) is 5.91 Å². The van der Waals surface area contributed by atoms with E-state index >= 15 is 0 Å². The fourth-order valence-corrected chi connectivity index (χ4v) is 1.45. The third-order valence-corrected chi connectivity index (χ3v) is 2.45. The summed E-state index contributed by atoms with van der Waals surface area (Å²) in [6, 6.07) is 3.73. The number of rotatable bonds is 7. The first-order valence-electron chi connectivity index (χ1n) is 6.49. The highest BCUT2D eigenvalue weighted by Crippen LogP contribution is 1.98. The molecular weight excluding hydrogens is 244 g/mol. The summed E-state index contributed by atoms with van der Waals surface area (Å²) in [5.74, 6) is 1.54. The van der Waals surface area contributed by atoms with Crippen LogP contribution in [-0.4, -0.2) is 32.0 Å². The van der Waals surface area contributed by atoms with E-state index in [4.69, 9.17) is 4.42 Å². The van der Waals surface area contributed by atoms with E-state index in [1.165, 1.54) is 0 Å². The van der Waals surface area contributed by atoms with E-state index < -0.39 is 0 Å². The van der Waals surface area contributed by atoms with E-state index in [2.05, 4.69) is 20.9 Å². The molecule has 0 saturated heterocycles. The summed E-state index contributed by atoms with van der Waals surface area (Å²) < 4.78 is 5.21. The first kappa shape index (κ1) is 15.1. The molecule has 106 valence electrons. The van der Waals surface area contributed by atoms with Crippen molar-refractivity contribution in [1.82, 2.24) is 16.0 Å². The highest BCUT2D eigenvalue weighted by atomic mass is 16.3. The van der Waals surface area contributed by atoms with Crippen molar-refractivity contribution in [3.05, 3.63) is 24.2 Å². The van der Waals surface area contributed by atoms with Gasteiger partial charge >= 0.3 is 0 Å². The minimum atomic E-state index is 0.0517.